The molecular formula is C15H14F2O. The normalized spacial score (nSPS) is 10.6. The van der Waals surface area contributed by atoms with Gasteiger partial charge in [0.05, 0.1) is 6.61 Å². The molecule has 0 atom stereocenters. The van der Waals surface area contributed by atoms with Gasteiger partial charge in [0.1, 0.15) is 0 Å². The summed E-state index contributed by atoms with van der Waals surface area (Å²) < 4.78 is 30.9. The van der Waals surface area contributed by atoms with E-state index in [-0.39, 0.29) is 0 Å². The minimum absolute atomic E-state index is 0.671. The Bertz CT molecular complexity index is 521. The summed E-state index contributed by atoms with van der Waals surface area (Å²) in [7, 11) is 1.66. The van der Waals surface area contributed by atoms with Crippen LogP contribution in [-0.4, -0.2) is 13.7 Å². The predicted octanol–water partition coefficient (Wildman–Crippen LogP) is 3.82. The molecule has 0 amide bonds. The van der Waals surface area contributed by atoms with Gasteiger partial charge in [0.2, 0.25) is 0 Å². The van der Waals surface area contributed by atoms with Gasteiger partial charge in [0.15, 0.2) is 11.6 Å². The van der Waals surface area contributed by atoms with Crippen LogP contribution >= 0.6 is 0 Å². The largest absolute Gasteiger partial charge is 0.384 e. The molecular weight excluding hydrogens is 234 g/mol. The van der Waals surface area contributed by atoms with Gasteiger partial charge in [-0.15, -0.1) is 0 Å². The Labute approximate surface area is 105 Å². The molecule has 0 aromatic heterocycles. The highest BCUT2D eigenvalue weighted by atomic mass is 19.2. The quantitative estimate of drug-likeness (QED) is 0.799. The summed E-state index contributed by atoms with van der Waals surface area (Å²) in [6.07, 6.45) is 0.842. The van der Waals surface area contributed by atoms with Crippen LogP contribution in [0.25, 0.3) is 11.1 Å². The first-order chi connectivity index (χ1) is 8.70. The van der Waals surface area contributed by atoms with E-state index in [1.165, 1.54) is 6.07 Å². The third kappa shape index (κ3) is 2.93. The van der Waals surface area contributed by atoms with E-state index in [0.29, 0.717) is 12.2 Å². The molecule has 0 heterocycles. The third-order valence-electron chi connectivity index (χ3n) is 2.80. The standard InChI is InChI=1S/C15H14F2O/c1-18-9-8-11-2-4-12(5-3-11)13-6-7-14(16)15(17)10-13/h2-7,10H,8-9H2,1H3. The third-order valence-corrected chi connectivity index (χ3v) is 2.80. The molecule has 2 aromatic rings. The molecule has 3 heteroatoms. The van der Waals surface area contributed by atoms with Gasteiger partial charge in [-0.25, -0.2) is 8.78 Å². The summed E-state index contributed by atoms with van der Waals surface area (Å²) in [5.74, 6) is -1.65. The van der Waals surface area contributed by atoms with Crippen LogP contribution in [0, 0.1) is 11.6 Å². The van der Waals surface area contributed by atoms with Gasteiger partial charge in [-0.1, -0.05) is 30.3 Å². The predicted molar refractivity (Wildman–Crippen MR) is 67.4 cm³/mol. The van der Waals surface area contributed by atoms with Crippen LogP contribution < -0.4 is 0 Å². The van der Waals surface area contributed by atoms with E-state index in [9.17, 15) is 8.78 Å². The molecule has 2 aromatic carbocycles. The highest BCUT2D eigenvalue weighted by Crippen LogP contribution is 2.22. The zero-order chi connectivity index (χ0) is 13.0. The van der Waals surface area contributed by atoms with Crippen molar-refractivity contribution in [3.8, 4) is 11.1 Å². The van der Waals surface area contributed by atoms with E-state index < -0.39 is 11.6 Å². The maximum absolute atomic E-state index is 13.1. The van der Waals surface area contributed by atoms with Gasteiger partial charge in [-0.2, -0.15) is 0 Å². The maximum Gasteiger partial charge on any atom is 0.159 e. The highest BCUT2D eigenvalue weighted by Gasteiger charge is 2.04. The molecule has 0 aliphatic rings. The number of methoxy groups -OCH3 is 1. The second kappa shape index (κ2) is 5.74. The second-order valence-corrected chi connectivity index (χ2v) is 4.07. The monoisotopic (exact) mass is 248 g/mol. The number of hydrogen-bond acceptors (Lipinski definition) is 1. The first-order valence-corrected chi connectivity index (χ1v) is 5.74. The van der Waals surface area contributed by atoms with Crippen molar-refractivity contribution in [1.29, 1.82) is 0 Å². The Hall–Kier alpha value is -1.74. The molecule has 0 saturated carbocycles. The molecule has 18 heavy (non-hydrogen) atoms. The Kier molecular flexibility index (Phi) is 4.05. The second-order valence-electron chi connectivity index (χ2n) is 4.07. The Morgan fingerprint density at radius 2 is 1.56 bits per heavy atom. The van der Waals surface area contributed by atoms with Crippen LogP contribution in [0.5, 0.6) is 0 Å². The first kappa shape index (κ1) is 12.7. The molecule has 2 rings (SSSR count). The van der Waals surface area contributed by atoms with Crippen LogP contribution in [0.1, 0.15) is 5.56 Å². The number of ether oxygens (including phenoxy) is 1. The summed E-state index contributed by atoms with van der Waals surface area (Å²) in [5, 5.41) is 0. The van der Waals surface area contributed by atoms with Crippen LogP contribution in [0.4, 0.5) is 8.78 Å². The van der Waals surface area contributed by atoms with Crippen molar-refractivity contribution in [1.82, 2.24) is 0 Å². The summed E-state index contributed by atoms with van der Waals surface area (Å²) in [6.45, 7) is 0.671. The lowest BCUT2D eigenvalue weighted by Gasteiger charge is -2.05. The number of halogens is 2. The van der Waals surface area contributed by atoms with Gasteiger partial charge in [0.25, 0.3) is 0 Å². The van der Waals surface area contributed by atoms with Crippen molar-refractivity contribution in [3.05, 3.63) is 59.7 Å². The average molecular weight is 248 g/mol. The maximum atomic E-state index is 13.1. The fourth-order valence-corrected chi connectivity index (χ4v) is 1.76. The smallest absolute Gasteiger partial charge is 0.159 e. The first-order valence-electron chi connectivity index (χ1n) is 5.74. The summed E-state index contributed by atoms with van der Waals surface area (Å²) in [4.78, 5) is 0. The zero-order valence-electron chi connectivity index (χ0n) is 10.1. The van der Waals surface area contributed by atoms with E-state index in [2.05, 4.69) is 0 Å². The van der Waals surface area contributed by atoms with Crippen molar-refractivity contribution >= 4 is 0 Å². The molecule has 94 valence electrons. The van der Waals surface area contributed by atoms with Gasteiger partial charge < -0.3 is 4.74 Å². The van der Waals surface area contributed by atoms with Gasteiger partial charge in [-0.3, -0.25) is 0 Å². The summed E-state index contributed by atoms with van der Waals surface area (Å²) >= 11 is 0. The van der Waals surface area contributed by atoms with Crippen molar-refractivity contribution in [3.63, 3.8) is 0 Å². The Morgan fingerprint density at radius 3 is 2.17 bits per heavy atom. The van der Waals surface area contributed by atoms with Crippen molar-refractivity contribution in [2.45, 2.75) is 6.42 Å². The van der Waals surface area contributed by atoms with Crippen LogP contribution in [0.2, 0.25) is 0 Å². The number of rotatable bonds is 4. The van der Waals surface area contributed by atoms with Gasteiger partial charge >= 0.3 is 0 Å². The zero-order valence-corrected chi connectivity index (χ0v) is 10.1. The topological polar surface area (TPSA) is 9.23 Å². The molecule has 0 fully saturated rings. The molecule has 0 saturated heterocycles. The van der Waals surface area contributed by atoms with Crippen LogP contribution in [-0.2, 0) is 11.2 Å². The number of benzene rings is 2. The highest BCUT2D eigenvalue weighted by molar-refractivity contribution is 5.63. The van der Waals surface area contributed by atoms with Gasteiger partial charge in [-0.05, 0) is 35.2 Å². The van der Waals surface area contributed by atoms with E-state index in [0.717, 1.165) is 23.6 Å². The van der Waals surface area contributed by atoms with Crippen LogP contribution in [0.3, 0.4) is 0 Å². The molecule has 0 bridgehead atoms. The van der Waals surface area contributed by atoms with E-state index in [1.807, 2.05) is 24.3 Å². The lowest BCUT2D eigenvalue weighted by atomic mass is 10.0. The molecule has 0 spiro atoms. The number of hydrogen-bond donors (Lipinski definition) is 0. The molecule has 1 nitrogen and oxygen atoms in total. The molecule has 0 unspecified atom stereocenters. The fraction of sp³-hybridized carbons (Fsp3) is 0.200. The van der Waals surface area contributed by atoms with Crippen molar-refractivity contribution in [2.24, 2.45) is 0 Å². The minimum atomic E-state index is -0.824. The van der Waals surface area contributed by atoms with Crippen molar-refractivity contribution in [2.75, 3.05) is 13.7 Å². The molecule has 0 radical (unpaired) electrons. The average Bonchev–Trinajstić information content (AvgIpc) is 2.40. The molecule has 0 aliphatic carbocycles. The Balaban J connectivity index is 2.20. The molecule has 0 aliphatic heterocycles. The lowest BCUT2D eigenvalue weighted by molar-refractivity contribution is 0.202. The minimum Gasteiger partial charge on any atom is -0.384 e. The van der Waals surface area contributed by atoms with E-state index >= 15 is 0 Å². The SMILES string of the molecule is COCCc1ccc(-c2ccc(F)c(F)c2)cc1. The molecule has 0 N–H and O–H groups in total. The van der Waals surface area contributed by atoms with Gasteiger partial charge in [0, 0.05) is 7.11 Å². The van der Waals surface area contributed by atoms with E-state index in [1.54, 1.807) is 13.2 Å². The summed E-state index contributed by atoms with van der Waals surface area (Å²) in [5.41, 5.74) is 2.70. The van der Waals surface area contributed by atoms with Crippen LogP contribution in [0.15, 0.2) is 42.5 Å². The Morgan fingerprint density at radius 1 is 0.889 bits per heavy atom. The summed E-state index contributed by atoms with van der Waals surface area (Å²) in [6, 6.07) is 11.7. The van der Waals surface area contributed by atoms with Crippen molar-refractivity contribution < 1.29 is 13.5 Å². The lowest BCUT2D eigenvalue weighted by Crippen LogP contribution is -1.94. The fourth-order valence-electron chi connectivity index (χ4n) is 1.76. The van der Waals surface area contributed by atoms with E-state index in [4.69, 9.17) is 4.74 Å².